The summed E-state index contributed by atoms with van der Waals surface area (Å²) in [5.41, 5.74) is 1.11. The largest absolute Gasteiger partial charge is 0.289 e. The van der Waals surface area contributed by atoms with Gasteiger partial charge < -0.3 is 0 Å². The third-order valence-corrected chi connectivity index (χ3v) is 4.17. The van der Waals surface area contributed by atoms with Crippen LogP contribution in [-0.2, 0) is 9.84 Å². The van der Waals surface area contributed by atoms with Gasteiger partial charge in [-0.1, -0.05) is 18.6 Å². The highest BCUT2D eigenvalue weighted by molar-refractivity contribution is 7.90. The third-order valence-electron chi connectivity index (χ3n) is 3.04. The molecule has 0 saturated carbocycles. The van der Waals surface area contributed by atoms with E-state index in [0.29, 0.717) is 4.90 Å². The zero-order chi connectivity index (χ0) is 12.3. The van der Waals surface area contributed by atoms with Crippen molar-refractivity contribution in [1.82, 2.24) is 0 Å². The molecular weight excluding hydrogens is 234 g/mol. The molecule has 92 valence electrons. The fourth-order valence-electron chi connectivity index (χ4n) is 2.04. The van der Waals surface area contributed by atoms with Crippen LogP contribution in [-0.4, -0.2) is 20.9 Å². The van der Waals surface area contributed by atoms with Crippen LogP contribution in [0.2, 0.25) is 0 Å². The summed E-state index contributed by atoms with van der Waals surface area (Å²) in [6.07, 6.45) is 7.69. The highest BCUT2D eigenvalue weighted by Gasteiger charge is 2.13. The van der Waals surface area contributed by atoms with Crippen LogP contribution in [0.5, 0.6) is 0 Å². The molecule has 0 bridgehead atoms. The summed E-state index contributed by atoms with van der Waals surface area (Å²) in [6.45, 7) is 0. The van der Waals surface area contributed by atoms with E-state index >= 15 is 0 Å². The van der Waals surface area contributed by atoms with E-state index in [-0.39, 0.29) is 6.04 Å². The first-order chi connectivity index (χ1) is 8.07. The van der Waals surface area contributed by atoms with Crippen molar-refractivity contribution in [3.63, 3.8) is 0 Å². The summed E-state index contributed by atoms with van der Waals surface area (Å²) in [7, 11) is -3.10. The summed E-state index contributed by atoms with van der Waals surface area (Å²) in [4.78, 5) is 4.88. The molecule has 2 rings (SSSR count). The summed E-state index contributed by atoms with van der Waals surface area (Å²) < 4.78 is 22.7. The SMILES string of the molecule is CS(=O)(=O)c1ccc(C2CCCCC=N2)cc1. The third kappa shape index (κ3) is 3.16. The van der Waals surface area contributed by atoms with Crippen molar-refractivity contribution >= 4 is 16.1 Å². The second-order valence-electron chi connectivity index (χ2n) is 4.47. The topological polar surface area (TPSA) is 46.5 Å². The van der Waals surface area contributed by atoms with Gasteiger partial charge in [-0.15, -0.1) is 0 Å². The minimum absolute atomic E-state index is 0.200. The Morgan fingerprint density at radius 1 is 1.18 bits per heavy atom. The fraction of sp³-hybridized carbons (Fsp3) is 0.462. The predicted octanol–water partition coefficient (Wildman–Crippen LogP) is 2.78. The molecule has 1 unspecified atom stereocenters. The average molecular weight is 251 g/mol. The Morgan fingerprint density at radius 2 is 1.88 bits per heavy atom. The Bertz CT molecular complexity index is 503. The fourth-order valence-corrected chi connectivity index (χ4v) is 2.67. The molecular formula is C13H17NO2S. The summed E-state index contributed by atoms with van der Waals surface area (Å²) in [5.74, 6) is 0. The van der Waals surface area contributed by atoms with Gasteiger partial charge in [0.15, 0.2) is 9.84 Å². The van der Waals surface area contributed by atoms with Crippen molar-refractivity contribution < 1.29 is 8.42 Å². The Kier molecular flexibility index (Phi) is 3.62. The molecule has 0 spiro atoms. The van der Waals surface area contributed by atoms with E-state index in [2.05, 4.69) is 4.99 Å². The van der Waals surface area contributed by atoms with Crippen molar-refractivity contribution in [2.75, 3.05) is 6.26 Å². The van der Waals surface area contributed by atoms with E-state index in [1.807, 2.05) is 18.3 Å². The molecule has 4 heteroatoms. The molecule has 3 nitrogen and oxygen atoms in total. The zero-order valence-corrected chi connectivity index (χ0v) is 10.8. The number of sulfone groups is 1. The molecule has 0 radical (unpaired) electrons. The number of hydrogen-bond acceptors (Lipinski definition) is 3. The number of nitrogens with zero attached hydrogens (tertiary/aromatic N) is 1. The maximum absolute atomic E-state index is 11.3. The minimum Gasteiger partial charge on any atom is -0.289 e. The van der Waals surface area contributed by atoms with E-state index in [0.717, 1.165) is 18.4 Å². The number of benzene rings is 1. The molecule has 0 amide bonds. The van der Waals surface area contributed by atoms with Crippen LogP contribution in [0.1, 0.15) is 37.3 Å². The van der Waals surface area contributed by atoms with Gasteiger partial charge in [-0.05, 0) is 43.2 Å². The lowest BCUT2D eigenvalue weighted by Gasteiger charge is -2.11. The molecule has 1 aromatic carbocycles. The highest BCUT2D eigenvalue weighted by atomic mass is 32.2. The lowest BCUT2D eigenvalue weighted by molar-refractivity contribution is 0.601. The lowest BCUT2D eigenvalue weighted by Crippen LogP contribution is -1.99. The van der Waals surface area contributed by atoms with E-state index in [1.165, 1.54) is 19.1 Å². The van der Waals surface area contributed by atoms with Crippen molar-refractivity contribution in [2.24, 2.45) is 4.99 Å². The first-order valence-electron chi connectivity index (χ1n) is 5.89. The number of aliphatic imine (C=N–C) groups is 1. The molecule has 0 N–H and O–H groups in total. The molecule has 1 aromatic rings. The second-order valence-corrected chi connectivity index (χ2v) is 6.49. The Hall–Kier alpha value is -1.16. The molecule has 17 heavy (non-hydrogen) atoms. The lowest BCUT2D eigenvalue weighted by atomic mass is 10.0. The zero-order valence-electron chi connectivity index (χ0n) is 9.96. The minimum atomic E-state index is -3.10. The van der Waals surface area contributed by atoms with Gasteiger partial charge in [0.2, 0.25) is 0 Å². The van der Waals surface area contributed by atoms with Crippen LogP contribution >= 0.6 is 0 Å². The van der Waals surface area contributed by atoms with Gasteiger partial charge in [0.25, 0.3) is 0 Å². The van der Waals surface area contributed by atoms with Crippen LogP contribution in [0, 0.1) is 0 Å². The molecule has 0 aromatic heterocycles. The Morgan fingerprint density at radius 3 is 2.53 bits per heavy atom. The molecule has 0 saturated heterocycles. The van der Waals surface area contributed by atoms with Crippen LogP contribution in [0.4, 0.5) is 0 Å². The maximum Gasteiger partial charge on any atom is 0.175 e. The van der Waals surface area contributed by atoms with Gasteiger partial charge in [0.1, 0.15) is 0 Å². The van der Waals surface area contributed by atoms with Crippen LogP contribution in [0.25, 0.3) is 0 Å². The van der Waals surface area contributed by atoms with Gasteiger partial charge >= 0.3 is 0 Å². The van der Waals surface area contributed by atoms with E-state index in [9.17, 15) is 8.42 Å². The number of rotatable bonds is 2. The summed E-state index contributed by atoms with van der Waals surface area (Å²) in [6, 6.07) is 7.30. The normalized spacial score (nSPS) is 21.1. The molecule has 0 aliphatic carbocycles. The summed E-state index contributed by atoms with van der Waals surface area (Å²) >= 11 is 0. The van der Waals surface area contributed by atoms with Crippen molar-refractivity contribution in [2.45, 2.75) is 36.6 Å². The molecule has 0 fully saturated rings. The van der Waals surface area contributed by atoms with E-state index in [4.69, 9.17) is 0 Å². The van der Waals surface area contributed by atoms with Gasteiger partial charge in [0, 0.05) is 6.26 Å². The molecule has 1 heterocycles. The van der Waals surface area contributed by atoms with Gasteiger partial charge in [-0.2, -0.15) is 0 Å². The van der Waals surface area contributed by atoms with Crippen molar-refractivity contribution in [3.8, 4) is 0 Å². The van der Waals surface area contributed by atoms with Crippen molar-refractivity contribution in [1.29, 1.82) is 0 Å². The highest BCUT2D eigenvalue weighted by Crippen LogP contribution is 2.26. The second kappa shape index (κ2) is 5.00. The monoisotopic (exact) mass is 251 g/mol. The van der Waals surface area contributed by atoms with Gasteiger partial charge in [-0.25, -0.2) is 8.42 Å². The van der Waals surface area contributed by atoms with Crippen LogP contribution in [0.15, 0.2) is 34.2 Å². The van der Waals surface area contributed by atoms with Crippen LogP contribution in [0.3, 0.4) is 0 Å². The number of hydrogen-bond donors (Lipinski definition) is 0. The quantitative estimate of drug-likeness (QED) is 0.811. The standard InChI is InChI=1S/C13H17NO2S/c1-17(15,16)12-8-6-11(7-9-12)13-5-3-2-4-10-14-13/h6-10,13H,2-5H2,1H3. The van der Waals surface area contributed by atoms with E-state index in [1.54, 1.807) is 12.1 Å². The molecule has 1 aliphatic rings. The smallest absolute Gasteiger partial charge is 0.175 e. The first kappa shape index (κ1) is 12.3. The van der Waals surface area contributed by atoms with Crippen molar-refractivity contribution in [3.05, 3.63) is 29.8 Å². The predicted molar refractivity (Wildman–Crippen MR) is 69.3 cm³/mol. The molecule has 1 atom stereocenters. The van der Waals surface area contributed by atoms with Gasteiger partial charge in [0.05, 0.1) is 10.9 Å². The molecule has 1 aliphatic heterocycles. The maximum atomic E-state index is 11.3. The first-order valence-corrected chi connectivity index (χ1v) is 7.78. The van der Waals surface area contributed by atoms with E-state index < -0.39 is 9.84 Å². The average Bonchev–Trinajstić information content (AvgIpc) is 2.56. The van der Waals surface area contributed by atoms with Gasteiger partial charge in [-0.3, -0.25) is 4.99 Å². The summed E-state index contributed by atoms with van der Waals surface area (Å²) in [5, 5.41) is 0. The Labute approximate surface area is 103 Å². The Balaban J connectivity index is 2.23. The van der Waals surface area contributed by atoms with Crippen LogP contribution < -0.4 is 0 Å².